The maximum atomic E-state index is 6.06. The van der Waals surface area contributed by atoms with Crippen LogP contribution in [-0.4, -0.2) is 6.54 Å². The quantitative estimate of drug-likeness (QED) is 0.827. The highest BCUT2D eigenvalue weighted by Crippen LogP contribution is 2.33. The molecule has 0 aliphatic heterocycles. The minimum absolute atomic E-state index is 0.205. The van der Waals surface area contributed by atoms with Crippen molar-refractivity contribution in [2.24, 2.45) is 5.41 Å². The van der Waals surface area contributed by atoms with E-state index in [2.05, 4.69) is 52.1 Å². The van der Waals surface area contributed by atoms with Gasteiger partial charge in [0, 0.05) is 11.1 Å². The maximum Gasteiger partial charge on any atom is 0.0435 e. The molecule has 1 N–H and O–H groups in total. The Labute approximate surface area is 104 Å². The largest absolute Gasteiger partial charge is 0.310 e. The average molecular weight is 240 g/mol. The first kappa shape index (κ1) is 13.5. The van der Waals surface area contributed by atoms with E-state index >= 15 is 0 Å². The fourth-order valence-electron chi connectivity index (χ4n) is 1.98. The zero-order valence-electron chi connectivity index (χ0n) is 10.9. The second-order valence-electron chi connectivity index (χ2n) is 5.37. The molecule has 1 unspecified atom stereocenters. The Bertz CT molecular complexity index is 352. The van der Waals surface area contributed by atoms with Gasteiger partial charge in [-0.25, -0.2) is 0 Å². The first-order valence-corrected chi connectivity index (χ1v) is 6.23. The molecule has 1 aromatic carbocycles. The van der Waals surface area contributed by atoms with Crippen LogP contribution in [0.25, 0.3) is 0 Å². The molecule has 0 aliphatic carbocycles. The molecule has 0 fully saturated rings. The molecule has 1 rings (SSSR count). The smallest absolute Gasteiger partial charge is 0.0435 e. The van der Waals surface area contributed by atoms with Crippen LogP contribution in [0, 0.1) is 12.3 Å². The fraction of sp³-hybridized carbons (Fsp3) is 0.571. The third-order valence-electron chi connectivity index (χ3n) is 2.79. The van der Waals surface area contributed by atoms with Crippen molar-refractivity contribution in [2.75, 3.05) is 6.54 Å². The lowest BCUT2D eigenvalue weighted by Gasteiger charge is -2.32. The van der Waals surface area contributed by atoms with Crippen LogP contribution in [0.3, 0.4) is 0 Å². The summed E-state index contributed by atoms with van der Waals surface area (Å²) in [6.45, 7) is 11.9. The molecule has 0 saturated carbocycles. The second-order valence-corrected chi connectivity index (χ2v) is 5.77. The number of halogens is 1. The molecule has 2 heteroatoms. The molecule has 0 bridgehead atoms. The average Bonchev–Trinajstić information content (AvgIpc) is 2.17. The van der Waals surface area contributed by atoms with E-state index in [-0.39, 0.29) is 5.41 Å². The number of benzene rings is 1. The summed E-state index contributed by atoms with van der Waals surface area (Å²) < 4.78 is 0. The standard InChI is InChI=1S/C14H22ClN/c1-6-16-13(14(3,4)5)11-7-8-12(15)10(2)9-11/h7-9,13,16H,6H2,1-5H3. The van der Waals surface area contributed by atoms with Gasteiger partial charge >= 0.3 is 0 Å². The summed E-state index contributed by atoms with van der Waals surface area (Å²) in [6.07, 6.45) is 0. The van der Waals surface area contributed by atoms with Gasteiger partial charge in [-0.05, 0) is 36.1 Å². The van der Waals surface area contributed by atoms with Crippen molar-refractivity contribution in [2.45, 2.75) is 40.7 Å². The van der Waals surface area contributed by atoms with Crippen molar-refractivity contribution in [3.05, 3.63) is 34.3 Å². The summed E-state index contributed by atoms with van der Waals surface area (Å²) in [5, 5.41) is 4.38. The summed E-state index contributed by atoms with van der Waals surface area (Å²) >= 11 is 6.06. The van der Waals surface area contributed by atoms with Crippen LogP contribution in [0.5, 0.6) is 0 Å². The van der Waals surface area contributed by atoms with Crippen LogP contribution in [0.2, 0.25) is 5.02 Å². The van der Waals surface area contributed by atoms with Gasteiger partial charge in [-0.2, -0.15) is 0 Å². The Balaban J connectivity index is 3.06. The predicted octanol–water partition coefficient (Wildman–Crippen LogP) is 4.35. The first-order valence-electron chi connectivity index (χ1n) is 5.85. The zero-order chi connectivity index (χ0) is 12.3. The van der Waals surface area contributed by atoms with Gasteiger partial charge < -0.3 is 5.32 Å². The monoisotopic (exact) mass is 239 g/mol. The van der Waals surface area contributed by atoms with Crippen molar-refractivity contribution >= 4 is 11.6 Å². The lowest BCUT2D eigenvalue weighted by molar-refractivity contribution is 0.276. The van der Waals surface area contributed by atoms with Crippen molar-refractivity contribution < 1.29 is 0 Å². The summed E-state index contributed by atoms with van der Waals surface area (Å²) in [7, 11) is 0. The molecule has 1 nitrogen and oxygen atoms in total. The van der Waals surface area contributed by atoms with Gasteiger partial charge in [0.25, 0.3) is 0 Å². The highest BCUT2D eigenvalue weighted by atomic mass is 35.5. The molecular weight excluding hydrogens is 218 g/mol. The predicted molar refractivity (Wildman–Crippen MR) is 72.1 cm³/mol. The van der Waals surface area contributed by atoms with Crippen LogP contribution in [0.1, 0.15) is 44.9 Å². The summed E-state index contributed by atoms with van der Waals surface area (Å²) in [5.74, 6) is 0. The molecule has 1 aromatic rings. The molecule has 16 heavy (non-hydrogen) atoms. The fourth-order valence-corrected chi connectivity index (χ4v) is 2.09. The van der Waals surface area contributed by atoms with Gasteiger partial charge in [0.1, 0.15) is 0 Å². The molecular formula is C14H22ClN. The van der Waals surface area contributed by atoms with Crippen LogP contribution < -0.4 is 5.32 Å². The van der Waals surface area contributed by atoms with Crippen molar-refractivity contribution in [1.82, 2.24) is 5.32 Å². The highest BCUT2D eigenvalue weighted by molar-refractivity contribution is 6.31. The van der Waals surface area contributed by atoms with Crippen LogP contribution >= 0.6 is 11.6 Å². The minimum Gasteiger partial charge on any atom is -0.310 e. The normalized spacial score (nSPS) is 13.9. The third kappa shape index (κ3) is 3.23. The number of hydrogen-bond acceptors (Lipinski definition) is 1. The zero-order valence-corrected chi connectivity index (χ0v) is 11.7. The Morgan fingerprint density at radius 2 is 1.94 bits per heavy atom. The lowest BCUT2D eigenvalue weighted by Crippen LogP contribution is -2.32. The van der Waals surface area contributed by atoms with Gasteiger partial charge in [0.05, 0.1) is 0 Å². The molecule has 0 aliphatic rings. The lowest BCUT2D eigenvalue weighted by atomic mass is 9.82. The van der Waals surface area contributed by atoms with E-state index in [0.29, 0.717) is 6.04 Å². The van der Waals surface area contributed by atoms with Gasteiger partial charge in [0.15, 0.2) is 0 Å². The van der Waals surface area contributed by atoms with Crippen LogP contribution in [-0.2, 0) is 0 Å². The number of nitrogens with one attached hydrogen (secondary N) is 1. The second kappa shape index (κ2) is 5.20. The molecule has 0 amide bonds. The highest BCUT2D eigenvalue weighted by Gasteiger charge is 2.25. The Morgan fingerprint density at radius 1 is 1.31 bits per heavy atom. The maximum absolute atomic E-state index is 6.06. The number of rotatable bonds is 3. The molecule has 0 aromatic heterocycles. The number of aryl methyl sites for hydroxylation is 1. The van der Waals surface area contributed by atoms with E-state index in [1.54, 1.807) is 0 Å². The van der Waals surface area contributed by atoms with Crippen molar-refractivity contribution in [3.8, 4) is 0 Å². The topological polar surface area (TPSA) is 12.0 Å². The van der Waals surface area contributed by atoms with Gasteiger partial charge in [-0.1, -0.05) is 51.4 Å². The summed E-state index contributed by atoms with van der Waals surface area (Å²) in [4.78, 5) is 0. The van der Waals surface area contributed by atoms with Crippen LogP contribution in [0.15, 0.2) is 18.2 Å². The molecule has 0 saturated heterocycles. The van der Waals surface area contributed by atoms with E-state index < -0.39 is 0 Å². The minimum atomic E-state index is 0.205. The Hall–Kier alpha value is -0.530. The molecule has 1 atom stereocenters. The van der Waals surface area contributed by atoms with E-state index in [1.807, 2.05) is 6.07 Å². The molecule has 0 spiro atoms. The molecule has 0 heterocycles. The van der Waals surface area contributed by atoms with E-state index in [4.69, 9.17) is 11.6 Å². The van der Waals surface area contributed by atoms with Crippen LogP contribution in [0.4, 0.5) is 0 Å². The molecule has 90 valence electrons. The Morgan fingerprint density at radius 3 is 2.38 bits per heavy atom. The summed E-state index contributed by atoms with van der Waals surface area (Å²) in [5.41, 5.74) is 2.67. The summed E-state index contributed by atoms with van der Waals surface area (Å²) in [6, 6.07) is 6.66. The Kier molecular flexibility index (Phi) is 4.40. The van der Waals surface area contributed by atoms with Gasteiger partial charge in [-0.15, -0.1) is 0 Å². The van der Waals surface area contributed by atoms with E-state index in [0.717, 1.165) is 17.1 Å². The van der Waals surface area contributed by atoms with E-state index in [1.165, 1.54) is 5.56 Å². The van der Waals surface area contributed by atoms with Gasteiger partial charge in [-0.3, -0.25) is 0 Å². The van der Waals surface area contributed by atoms with Gasteiger partial charge in [0.2, 0.25) is 0 Å². The third-order valence-corrected chi connectivity index (χ3v) is 3.21. The van der Waals surface area contributed by atoms with E-state index in [9.17, 15) is 0 Å². The van der Waals surface area contributed by atoms with Crippen molar-refractivity contribution in [3.63, 3.8) is 0 Å². The number of hydrogen-bond donors (Lipinski definition) is 1. The SMILES string of the molecule is CCNC(c1ccc(Cl)c(C)c1)C(C)(C)C. The molecule has 0 radical (unpaired) electrons. The first-order chi connectivity index (χ1) is 7.36. The van der Waals surface area contributed by atoms with Crippen molar-refractivity contribution in [1.29, 1.82) is 0 Å².